The van der Waals surface area contributed by atoms with Crippen molar-refractivity contribution in [2.45, 2.75) is 13.3 Å². The topological polar surface area (TPSA) is 64.6 Å². The number of esters is 1. The number of hydrogen-bond donors (Lipinski definition) is 1. The molecular formula is C19H17ClFNO4. The van der Waals surface area contributed by atoms with E-state index >= 15 is 0 Å². The number of amides is 1. The van der Waals surface area contributed by atoms with E-state index in [0.29, 0.717) is 17.2 Å². The number of nitrogens with one attached hydrogen (secondary N) is 1. The maximum Gasteiger partial charge on any atom is 0.313 e. The molecular weight excluding hydrogens is 361 g/mol. The van der Waals surface area contributed by atoms with Gasteiger partial charge in [-0.15, -0.1) is 0 Å². The van der Waals surface area contributed by atoms with E-state index in [1.807, 2.05) is 0 Å². The summed E-state index contributed by atoms with van der Waals surface area (Å²) in [4.78, 5) is 24.0. The lowest BCUT2D eigenvalue weighted by Crippen LogP contribution is -2.32. The zero-order valence-electron chi connectivity index (χ0n) is 14.1. The first-order valence-electron chi connectivity index (χ1n) is 8.06. The summed E-state index contributed by atoms with van der Waals surface area (Å²) in [5.74, 6) is -1.54. The van der Waals surface area contributed by atoms with Crippen molar-refractivity contribution in [1.82, 2.24) is 0 Å². The summed E-state index contributed by atoms with van der Waals surface area (Å²) in [6, 6.07) is 9.65. The SMILES string of the molecule is Cc1ccc(NC(=O)COC(=O)[C@@H]2COc3ccc(Cl)cc3C2)c(F)c1. The molecule has 0 radical (unpaired) electrons. The van der Waals surface area contributed by atoms with E-state index in [0.717, 1.165) is 11.1 Å². The summed E-state index contributed by atoms with van der Waals surface area (Å²) >= 11 is 5.95. The van der Waals surface area contributed by atoms with Crippen LogP contribution >= 0.6 is 11.6 Å². The molecule has 1 heterocycles. The van der Waals surface area contributed by atoms with E-state index in [1.165, 1.54) is 12.1 Å². The number of ether oxygens (including phenoxy) is 2. The number of hydrogen-bond acceptors (Lipinski definition) is 4. The first-order chi connectivity index (χ1) is 12.4. The van der Waals surface area contributed by atoms with Gasteiger partial charge in [0.1, 0.15) is 18.2 Å². The molecule has 2 aromatic carbocycles. The normalized spacial score (nSPS) is 15.6. The van der Waals surface area contributed by atoms with Crippen molar-refractivity contribution >= 4 is 29.2 Å². The number of carbonyl (C=O) groups excluding carboxylic acids is 2. The molecule has 1 atom stereocenters. The third-order valence-electron chi connectivity index (χ3n) is 4.01. The fourth-order valence-corrected chi connectivity index (χ4v) is 2.87. The first kappa shape index (κ1) is 18.2. The molecule has 0 aromatic heterocycles. The van der Waals surface area contributed by atoms with Crippen LogP contribution in [0.4, 0.5) is 10.1 Å². The van der Waals surface area contributed by atoms with Gasteiger partial charge < -0.3 is 14.8 Å². The van der Waals surface area contributed by atoms with Crippen molar-refractivity contribution in [2.75, 3.05) is 18.5 Å². The number of benzene rings is 2. The molecule has 2 aromatic rings. The van der Waals surface area contributed by atoms with Crippen LogP contribution in [-0.4, -0.2) is 25.1 Å². The van der Waals surface area contributed by atoms with Crippen LogP contribution in [0.15, 0.2) is 36.4 Å². The average molecular weight is 378 g/mol. The monoisotopic (exact) mass is 377 g/mol. The minimum atomic E-state index is -0.610. The van der Waals surface area contributed by atoms with Crippen molar-refractivity contribution in [2.24, 2.45) is 5.92 Å². The van der Waals surface area contributed by atoms with Gasteiger partial charge in [-0.25, -0.2) is 4.39 Å². The molecule has 0 fully saturated rings. The largest absolute Gasteiger partial charge is 0.492 e. The van der Waals surface area contributed by atoms with Gasteiger partial charge in [-0.2, -0.15) is 0 Å². The fourth-order valence-electron chi connectivity index (χ4n) is 2.68. The van der Waals surface area contributed by atoms with Crippen LogP contribution in [0.25, 0.3) is 0 Å². The fraction of sp³-hybridized carbons (Fsp3) is 0.263. The standard InChI is InChI=1S/C19H17ClFNO4/c1-11-2-4-16(15(21)6-11)22-18(23)10-26-19(24)13-7-12-8-14(20)3-5-17(12)25-9-13/h2-6,8,13H,7,9-10H2,1H3,(H,22,23)/t13-/m0/s1. The number of aryl methyl sites for hydroxylation is 1. The highest BCUT2D eigenvalue weighted by atomic mass is 35.5. The number of fused-ring (bicyclic) bond motifs is 1. The molecule has 0 aliphatic carbocycles. The Morgan fingerprint density at radius 1 is 1.31 bits per heavy atom. The molecule has 136 valence electrons. The molecule has 0 unspecified atom stereocenters. The first-order valence-corrected chi connectivity index (χ1v) is 8.44. The van der Waals surface area contributed by atoms with Crippen LogP contribution in [0.5, 0.6) is 5.75 Å². The highest BCUT2D eigenvalue weighted by Gasteiger charge is 2.28. The van der Waals surface area contributed by atoms with Crippen LogP contribution < -0.4 is 10.1 Å². The van der Waals surface area contributed by atoms with Crippen LogP contribution in [0, 0.1) is 18.7 Å². The summed E-state index contributed by atoms with van der Waals surface area (Å²) in [6.07, 6.45) is 0.420. The number of carbonyl (C=O) groups is 2. The molecule has 1 amide bonds. The molecule has 26 heavy (non-hydrogen) atoms. The van der Waals surface area contributed by atoms with Crippen molar-refractivity contribution in [3.8, 4) is 5.75 Å². The summed E-state index contributed by atoms with van der Waals surface area (Å²) in [6.45, 7) is 1.42. The highest BCUT2D eigenvalue weighted by molar-refractivity contribution is 6.30. The summed E-state index contributed by atoms with van der Waals surface area (Å²) in [5, 5.41) is 2.94. The van der Waals surface area contributed by atoms with E-state index in [2.05, 4.69) is 5.32 Å². The quantitative estimate of drug-likeness (QED) is 0.828. The Kier molecular flexibility index (Phi) is 5.42. The van der Waals surface area contributed by atoms with Gasteiger partial charge in [0.2, 0.25) is 0 Å². The molecule has 0 saturated carbocycles. The predicted octanol–water partition coefficient (Wildman–Crippen LogP) is 3.52. The minimum Gasteiger partial charge on any atom is -0.492 e. The molecule has 5 nitrogen and oxygen atoms in total. The lowest BCUT2D eigenvalue weighted by molar-refractivity contribution is -0.152. The van der Waals surface area contributed by atoms with E-state index in [-0.39, 0.29) is 12.3 Å². The Hall–Kier alpha value is -2.60. The van der Waals surface area contributed by atoms with Crippen molar-refractivity contribution in [3.63, 3.8) is 0 Å². The third-order valence-corrected chi connectivity index (χ3v) is 4.24. The van der Waals surface area contributed by atoms with E-state index < -0.39 is 30.2 Å². The highest BCUT2D eigenvalue weighted by Crippen LogP contribution is 2.30. The summed E-state index contributed by atoms with van der Waals surface area (Å²) in [7, 11) is 0. The number of halogens is 2. The zero-order valence-corrected chi connectivity index (χ0v) is 14.8. The molecule has 0 spiro atoms. The Morgan fingerprint density at radius 3 is 2.88 bits per heavy atom. The lowest BCUT2D eigenvalue weighted by atomic mass is 9.97. The smallest absolute Gasteiger partial charge is 0.313 e. The van der Waals surface area contributed by atoms with Gasteiger partial charge in [-0.1, -0.05) is 17.7 Å². The summed E-state index contributed by atoms with van der Waals surface area (Å²) in [5.41, 5.74) is 1.60. The second-order valence-electron chi connectivity index (χ2n) is 6.10. The van der Waals surface area contributed by atoms with Gasteiger partial charge in [-0.05, 0) is 54.8 Å². The molecule has 1 N–H and O–H groups in total. The Bertz CT molecular complexity index is 855. The molecule has 0 bridgehead atoms. The molecule has 7 heteroatoms. The predicted molar refractivity (Wildman–Crippen MR) is 94.9 cm³/mol. The Morgan fingerprint density at radius 2 is 2.12 bits per heavy atom. The van der Waals surface area contributed by atoms with Gasteiger partial charge in [0.05, 0.1) is 11.6 Å². The number of anilines is 1. The van der Waals surface area contributed by atoms with E-state index in [9.17, 15) is 14.0 Å². The maximum absolute atomic E-state index is 13.7. The van der Waals surface area contributed by atoms with Gasteiger partial charge in [0, 0.05) is 5.02 Å². The van der Waals surface area contributed by atoms with Crippen molar-refractivity contribution in [1.29, 1.82) is 0 Å². The third kappa shape index (κ3) is 4.32. The number of rotatable bonds is 4. The van der Waals surface area contributed by atoms with Crippen LogP contribution in [-0.2, 0) is 20.7 Å². The summed E-state index contributed by atoms with van der Waals surface area (Å²) < 4.78 is 24.3. The second-order valence-corrected chi connectivity index (χ2v) is 6.54. The molecule has 0 saturated heterocycles. The second kappa shape index (κ2) is 7.74. The van der Waals surface area contributed by atoms with Gasteiger partial charge >= 0.3 is 5.97 Å². The van der Waals surface area contributed by atoms with Gasteiger partial charge in [0.25, 0.3) is 5.91 Å². The van der Waals surface area contributed by atoms with Crippen molar-refractivity contribution in [3.05, 3.63) is 58.4 Å². The Balaban J connectivity index is 1.53. The zero-order chi connectivity index (χ0) is 18.7. The van der Waals surface area contributed by atoms with Crippen molar-refractivity contribution < 1.29 is 23.5 Å². The average Bonchev–Trinajstić information content (AvgIpc) is 2.61. The van der Waals surface area contributed by atoms with E-state index in [4.69, 9.17) is 21.1 Å². The van der Waals surface area contributed by atoms with Gasteiger partial charge in [0.15, 0.2) is 6.61 Å². The maximum atomic E-state index is 13.7. The molecule has 1 aliphatic heterocycles. The lowest BCUT2D eigenvalue weighted by Gasteiger charge is -2.24. The molecule has 1 aliphatic rings. The van der Waals surface area contributed by atoms with Crippen LogP contribution in [0.1, 0.15) is 11.1 Å². The molecule has 3 rings (SSSR count). The van der Waals surface area contributed by atoms with E-state index in [1.54, 1.807) is 31.2 Å². The van der Waals surface area contributed by atoms with Crippen LogP contribution in [0.3, 0.4) is 0 Å². The van der Waals surface area contributed by atoms with Gasteiger partial charge in [-0.3, -0.25) is 9.59 Å². The minimum absolute atomic E-state index is 0.0428. The Labute approximate surface area is 155 Å². The van der Waals surface area contributed by atoms with Crippen LogP contribution in [0.2, 0.25) is 5.02 Å².